The Kier molecular flexibility index (Phi) is 3.64. The third-order valence-electron chi connectivity index (χ3n) is 2.44. The van der Waals surface area contributed by atoms with Crippen molar-refractivity contribution in [3.8, 4) is 0 Å². The van der Waals surface area contributed by atoms with Gasteiger partial charge in [0.2, 0.25) is 0 Å². The molecule has 0 N–H and O–H groups in total. The van der Waals surface area contributed by atoms with E-state index in [4.69, 9.17) is 0 Å². The largest absolute Gasteiger partial charge is 0.506 e. The molecule has 0 atom stereocenters. The Morgan fingerprint density at radius 3 is 2.36 bits per heavy atom. The first-order chi connectivity index (χ1) is 6.45. The topological polar surface area (TPSA) is 3.24 Å². The maximum absolute atomic E-state index is 12.3. The van der Waals surface area contributed by atoms with Gasteiger partial charge in [-0.25, -0.2) is 0 Å². The van der Waals surface area contributed by atoms with Gasteiger partial charge in [0.05, 0.1) is 0 Å². The van der Waals surface area contributed by atoms with Gasteiger partial charge in [0.15, 0.2) is 0 Å². The van der Waals surface area contributed by atoms with Crippen molar-refractivity contribution in [3.63, 3.8) is 0 Å². The second-order valence-corrected chi connectivity index (χ2v) is 3.93. The highest BCUT2D eigenvalue weighted by molar-refractivity contribution is 6.66. The summed E-state index contributed by atoms with van der Waals surface area (Å²) in [7, 11) is 0. The Balaban J connectivity index is 2.42. The first-order valence-electron chi connectivity index (χ1n) is 5.06. The molecule has 14 heavy (non-hydrogen) atoms. The zero-order chi connectivity index (χ0) is 10.8. The van der Waals surface area contributed by atoms with Gasteiger partial charge in [0.1, 0.15) is 0 Å². The Labute approximate surface area is 83.0 Å². The molecule has 0 aromatic heterocycles. The van der Waals surface area contributed by atoms with E-state index in [-0.39, 0.29) is 6.54 Å². The van der Waals surface area contributed by atoms with E-state index in [1.807, 2.05) is 11.8 Å². The van der Waals surface area contributed by atoms with Crippen LogP contribution in [0.5, 0.6) is 0 Å². The van der Waals surface area contributed by atoms with Crippen molar-refractivity contribution in [1.29, 1.82) is 0 Å². The minimum Gasteiger partial charge on any atom is -0.445 e. The Hall–Kier alpha value is -0.445. The number of rotatable bonds is 6. The summed E-state index contributed by atoms with van der Waals surface area (Å²) in [5.74, 6) is 0. The number of halogens is 3. The summed E-state index contributed by atoms with van der Waals surface area (Å²) >= 11 is 0. The highest BCUT2D eigenvalue weighted by atomic mass is 19.4. The first-order valence-corrected chi connectivity index (χ1v) is 5.06. The summed E-state index contributed by atoms with van der Waals surface area (Å²) in [6.45, 7) is 0.998. The van der Waals surface area contributed by atoms with Crippen LogP contribution in [0.4, 0.5) is 12.9 Å². The number of hydrogen-bond acceptors (Lipinski definition) is 1. The molecule has 0 aliphatic heterocycles. The lowest BCUT2D eigenvalue weighted by atomic mass is 9.80. The highest BCUT2D eigenvalue weighted by Gasteiger charge is 2.33. The van der Waals surface area contributed by atoms with Crippen LogP contribution in [0.15, 0.2) is 12.1 Å². The zero-order valence-corrected chi connectivity index (χ0v) is 8.48. The fraction of sp³-hybridized carbons (Fsp3) is 0.778. The van der Waals surface area contributed by atoms with E-state index in [2.05, 4.69) is 6.58 Å². The van der Waals surface area contributed by atoms with E-state index in [9.17, 15) is 12.9 Å². The van der Waals surface area contributed by atoms with Gasteiger partial charge in [-0.2, -0.15) is 0 Å². The maximum Gasteiger partial charge on any atom is 0.506 e. The normalized spacial score (nSPS) is 17.5. The predicted octanol–water partition coefficient (Wildman–Crippen LogP) is 2.80. The van der Waals surface area contributed by atoms with Gasteiger partial charge >= 0.3 is 6.98 Å². The van der Waals surface area contributed by atoms with Crippen molar-refractivity contribution in [2.24, 2.45) is 0 Å². The second kappa shape index (κ2) is 4.38. The van der Waals surface area contributed by atoms with Crippen molar-refractivity contribution in [2.75, 3.05) is 13.1 Å². The molecule has 0 unspecified atom stereocenters. The first kappa shape index (κ1) is 11.6. The summed E-state index contributed by atoms with van der Waals surface area (Å²) < 4.78 is 36.8. The summed E-state index contributed by atoms with van der Waals surface area (Å²) in [5, 5.41) is 0. The van der Waals surface area contributed by atoms with E-state index in [1.165, 1.54) is 0 Å². The lowest BCUT2D eigenvalue weighted by Gasteiger charge is -2.27. The molecule has 1 aliphatic rings. The molecule has 1 aliphatic carbocycles. The second-order valence-electron chi connectivity index (χ2n) is 3.93. The van der Waals surface area contributed by atoms with Crippen LogP contribution in [-0.4, -0.2) is 31.0 Å². The van der Waals surface area contributed by atoms with Gasteiger partial charge in [-0.1, -0.05) is 6.92 Å². The average Bonchev–Trinajstić information content (AvgIpc) is 2.83. The minimum atomic E-state index is -4.85. The van der Waals surface area contributed by atoms with Crippen LogP contribution >= 0.6 is 0 Å². The van der Waals surface area contributed by atoms with Crippen LogP contribution in [0.25, 0.3) is 0 Å². The minimum absolute atomic E-state index is 0.00199. The summed E-state index contributed by atoms with van der Waals surface area (Å²) in [4.78, 5) is 1.90. The molecule has 82 valence electrons. The summed E-state index contributed by atoms with van der Waals surface area (Å²) in [6.07, 6.45) is 2.98. The maximum atomic E-state index is 12.3. The van der Waals surface area contributed by atoms with E-state index < -0.39 is 12.4 Å². The summed E-state index contributed by atoms with van der Waals surface area (Å²) in [6, 6.07) is 0.379. The molecule has 0 spiro atoms. The van der Waals surface area contributed by atoms with Crippen LogP contribution in [-0.2, 0) is 0 Å². The van der Waals surface area contributed by atoms with Crippen LogP contribution in [0.2, 0.25) is 0 Å². The SMILES string of the molecule is C=C(CN(CCC)C1CC1)[B-](F)(F)F. The molecule has 0 aromatic carbocycles. The van der Waals surface area contributed by atoms with Gasteiger partial charge in [0.25, 0.3) is 0 Å². The molecule has 1 saturated carbocycles. The fourth-order valence-electron chi connectivity index (χ4n) is 1.48. The molecule has 5 heteroatoms. The van der Waals surface area contributed by atoms with E-state index >= 15 is 0 Å². The zero-order valence-electron chi connectivity index (χ0n) is 8.48. The summed E-state index contributed by atoms with van der Waals surface area (Å²) in [5.41, 5.74) is -0.564. The van der Waals surface area contributed by atoms with Crippen molar-refractivity contribution < 1.29 is 12.9 Å². The molecule has 0 radical (unpaired) electrons. The monoisotopic (exact) mass is 206 g/mol. The van der Waals surface area contributed by atoms with Crippen LogP contribution < -0.4 is 0 Å². The smallest absolute Gasteiger partial charge is 0.445 e. The molecule has 0 bridgehead atoms. The molecular weight excluding hydrogens is 190 g/mol. The van der Waals surface area contributed by atoms with Gasteiger partial charge in [-0.15, -0.1) is 12.1 Å². The molecule has 0 saturated heterocycles. The fourth-order valence-corrected chi connectivity index (χ4v) is 1.48. The van der Waals surface area contributed by atoms with E-state index in [0.717, 1.165) is 25.8 Å². The van der Waals surface area contributed by atoms with Crippen molar-refractivity contribution in [2.45, 2.75) is 32.2 Å². The van der Waals surface area contributed by atoms with E-state index in [1.54, 1.807) is 0 Å². The third-order valence-corrected chi connectivity index (χ3v) is 2.44. The van der Waals surface area contributed by atoms with Crippen LogP contribution in [0, 0.1) is 0 Å². The quantitative estimate of drug-likeness (QED) is 0.604. The standard InChI is InChI=1S/C9H16BF3N/c1-3-6-14(9-4-5-9)7-8(2)10(11,12)13/h9H,2-7H2,1H3/q-1. The van der Waals surface area contributed by atoms with Gasteiger partial charge in [-0.05, 0) is 32.4 Å². The van der Waals surface area contributed by atoms with Gasteiger partial charge in [0, 0.05) is 6.04 Å². The molecule has 0 aromatic rings. The number of hydrogen-bond donors (Lipinski definition) is 0. The van der Waals surface area contributed by atoms with Crippen LogP contribution in [0.1, 0.15) is 26.2 Å². The lowest BCUT2D eigenvalue weighted by Crippen LogP contribution is -2.34. The Morgan fingerprint density at radius 1 is 1.43 bits per heavy atom. The molecule has 1 fully saturated rings. The molecular formula is C9H16BF3N-. The van der Waals surface area contributed by atoms with Gasteiger partial charge < -0.3 is 12.9 Å². The van der Waals surface area contributed by atoms with Crippen LogP contribution in [0.3, 0.4) is 0 Å². The molecule has 1 rings (SSSR count). The molecule has 1 nitrogen and oxygen atoms in total. The van der Waals surface area contributed by atoms with Crippen molar-refractivity contribution >= 4 is 6.98 Å². The molecule has 0 heterocycles. The lowest BCUT2D eigenvalue weighted by molar-refractivity contribution is 0.285. The van der Waals surface area contributed by atoms with Crippen molar-refractivity contribution in [1.82, 2.24) is 4.90 Å². The Morgan fingerprint density at radius 2 is 2.00 bits per heavy atom. The van der Waals surface area contributed by atoms with Gasteiger partial charge in [-0.3, -0.25) is 4.90 Å². The van der Waals surface area contributed by atoms with Crippen molar-refractivity contribution in [3.05, 3.63) is 12.1 Å². The van der Waals surface area contributed by atoms with E-state index in [0.29, 0.717) is 6.04 Å². The predicted molar refractivity (Wildman–Crippen MR) is 53.1 cm³/mol. The average molecular weight is 206 g/mol. The molecule has 0 amide bonds. The third kappa shape index (κ3) is 3.37. The Bertz CT molecular complexity index is 211. The number of nitrogens with zero attached hydrogens (tertiary/aromatic N) is 1. The highest BCUT2D eigenvalue weighted by Crippen LogP contribution is 2.29.